The number of nitrogens with one attached hydrogen (secondary N) is 1. The van der Waals surface area contributed by atoms with Gasteiger partial charge in [-0.3, -0.25) is 4.79 Å². The minimum atomic E-state index is -0.399. The molecule has 0 aliphatic carbocycles. The number of hydrazone groups is 1. The Hall–Kier alpha value is -2.34. The highest BCUT2D eigenvalue weighted by Crippen LogP contribution is 2.22. The zero-order chi connectivity index (χ0) is 15.4. The fourth-order valence-electron chi connectivity index (χ4n) is 1.67. The maximum atomic E-state index is 11.9. The third kappa shape index (κ3) is 3.82. The molecule has 0 saturated heterocycles. The zero-order valence-corrected chi connectivity index (χ0v) is 12.8. The van der Waals surface area contributed by atoms with Crippen LogP contribution in [0.5, 0.6) is 11.5 Å². The third-order valence-electron chi connectivity index (χ3n) is 2.80. The largest absolute Gasteiger partial charge is 0.508 e. The average Bonchev–Trinajstić information content (AvgIpc) is 2.47. The van der Waals surface area contributed by atoms with Gasteiger partial charge in [-0.25, -0.2) is 5.43 Å². The number of hydrogen-bond acceptors (Lipinski definition) is 4. The summed E-state index contributed by atoms with van der Waals surface area (Å²) in [7, 11) is 0. The Bertz CT molecular complexity index is 697. The first-order chi connectivity index (χ1) is 9.97. The van der Waals surface area contributed by atoms with Crippen LogP contribution in [0.3, 0.4) is 0 Å². The Morgan fingerprint density at radius 2 is 1.81 bits per heavy atom. The summed E-state index contributed by atoms with van der Waals surface area (Å²) < 4.78 is 0.801. The van der Waals surface area contributed by atoms with Crippen molar-refractivity contribution in [1.29, 1.82) is 0 Å². The smallest absolute Gasteiger partial charge is 0.271 e. The number of aromatic hydroxyl groups is 2. The van der Waals surface area contributed by atoms with E-state index in [1.54, 1.807) is 25.1 Å². The number of carbonyl (C=O) groups is 1. The van der Waals surface area contributed by atoms with Gasteiger partial charge in [0.15, 0.2) is 0 Å². The van der Waals surface area contributed by atoms with Crippen molar-refractivity contribution in [1.82, 2.24) is 5.43 Å². The van der Waals surface area contributed by atoms with Gasteiger partial charge in [0.05, 0.1) is 5.71 Å². The van der Waals surface area contributed by atoms with Gasteiger partial charge in [-0.05, 0) is 49.4 Å². The molecular formula is C15H13BrN2O3. The lowest BCUT2D eigenvalue weighted by Gasteiger charge is -2.06. The van der Waals surface area contributed by atoms with Gasteiger partial charge in [-0.15, -0.1) is 0 Å². The van der Waals surface area contributed by atoms with E-state index in [4.69, 9.17) is 0 Å². The maximum Gasteiger partial charge on any atom is 0.271 e. The molecule has 0 bridgehead atoms. The van der Waals surface area contributed by atoms with E-state index in [1.807, 2.05) is 0 Å². The van der Waals surface area contributed by atoms with Crippen LogP contribution in [0.1, 0.15) is 22.8 Å². The Morgan fingerprint density at radius 1 is 1.14 bits per heavy atom. The van der Waals surface area contributed by atoms with Gasteiger partial charge in [-0.2, -0.15) is 5.10 Å². The highest BCUT2D eigenvalue weighted by Gasteiger charge is 2.08. The molecule has 5 nitrogen and oxygen atoms in total. The van der Waals surface area contributed by atoms with E-state index in [9.17, 15) is 15.0 Å². The van der Waals surface area contributed by atoms with Gasteiger partial charge in [0.1, 0.15) is 11.5 Å². The molecule has 6 heteroatoms. The standard InChI is InChI=1S/C15H13BrN2O3/c1-9(13-8-11(16)4-7-14(13)20)17-18-15(21)10-2-5-12(19)6-3-10/h2-8,19-20H,1H3,(H,18,21)/b17-9+. The lowest BCUT2D eigenvalue weighted by Crippen LogP contribution is -2.19. The summed E-state index contributed by atoms with van der Waals surface area (Å²) in [4.78, 5) is 11.9. The average molecular weight is 349 g/mol. The predicted molar refractivity (Wildman–Crippen MR) is 83.6 cm³/mol. The topological polar surface area (TPSA) is 81.9 Å². The number of carbonyl (C=O) groups excluding carboxylic acids is 1. The molecule has 0 aliphatic rings. The van der Waals surface area contributed by atoms with E-state index >= 15 is 0 Å². The second kappa shape index (κ2) is 6.41. The number of halogens is 1. The molecular weight excluding hydrogens is 336 g/mol. The van der Waals surface area contributed by atoms with Gasteiger partial charge < -0.3 is 10.2 Å². The molecule has 0 spiro atoms. The second-order valence-corrected chi connectivity index (χ2v) is 5.26. The maximum absolute atomic E-state index is 11.9. The van der Waals surface area contributed by atoms with Crippen LogP contribution in [-0.2, 0) is 0 Å². The molecule has 0 saturated carbocycles. The van der Waals surface area contributed by atoms with Crippen LogP contribution in [0, 0.1) is 0 Å². The number of amides is 1. The molecule has 0 aromatic heterocycles. The van der Waals surface area contributed by atoms with Crippen molar-refractivity contribution >= 4 is 27.5 Å². The number of benzene rings is 2. The number of rotatable bonds is 3. The minimum absolute atomic E-state index is 0.0818. The monoisotopic (exact) mass is 348 g/mol. The lowest BCUT2D eigenvalue weighted by molar-refractivity contribution is 0.0955. The van der Waals surface area contributed by atoms with Gasteiger partial charge in [0, 0.05) is 15.6 Å². The van der Waals surface area contributed by atoms with Gasteiger partial charge >= 0.3 is 0 Å². The number of hydrogen-bond donors (Lipinski definition) is 3. The number of phenols is 2. The Morgan fingerprint density at radius 3 is 2.48 bits per heavy atom. The molecule has 0 radical (unpaired) electrons. The normalized spacial score (nSPS) is 11.2. The van der Waals surface area contributed by atoms with Crippen molar-refractivity contribution in [2.75, 3.05) is 0 Å². The van der Waals surface area contributed by atoms with Crippen LogP contribution in [-0.4, -0.2) is 21.8 Å². The SMILES string of the molecule is C/C(=N\NC(=O)c1ccc(O)cc1)c1cc(Br)ccc1O. The highest BCUT2D eigenvalue weighted by molar-refractivity contribution is 9.10. The molecule has 0 atom stereocenters. The first-order valence-electron chi connectivity index (χ1n) is 6.10. The first kappa shape index (κ1) is 15.1. The summed E-state index contributed by atoms with van der Waals surface area (Å²) >= 11 is 3.31. The predicted octanol–water partition coefficient (Wildman–Crippen LogP) is 3.01. The molecule has 108 valence electrons. The molecule has 2 rings (SSSR count). The van der Waals surface area contributed by atoms with Gasteiger partial charge in [-0.1, -0.05) is 15.9 Å². The van der Waals surface area contributed by atoms with E-state index in [2.05, 4.69) is 26.5 Å². The Balaban J connectivity index is 2.14. The van der Waals surface area contributed by atoms with Crippen molar-refractivity contribution in [2.24, 2.45) is 5.10 Å². The number of nitrogens with zero attached hydrogens (tertiary/aromatic N) is 1. The van der Waals surface area contributed by atoms with Crippen molar-refractivity contribution in [3.63, 3.8) is 0 Å². The molecule has 2 aromatic rings. The van der Waals surface area contributed by atoms with E-state index in [0.717, 1.165) is 4.47 Å². The van der Waals surface area contributed by atoms with Crippen molar-refractivity contribution in [2.45, 2.75) is 6.92 Å². The molecule has 0 unspecified atom stereocenters. The van der Waals surface area contributed by atoms with Crippen LogP contribution in [0.25, 0.3) is 0 Å². The molecule has 21 heavy (non-hydrogen) atoms. The summed E-state index contributed by atoms with van der Waals surface area (Å²) in [6, 6.07) is 10.8. The van der Waals surface area contributed by atoms with Gasteiger partial charge in [0.2, 0.25) is 0 Å². The van der Waals surface area contributed by atoms with Crippen LogP contribution in [0.15, 0.2) is 52.0 Å². The number of phenolic OH excluding ortho intramolecular Hbond substituents is 2. The Kier molecular flexibility index (Phi) is 4.59. The van der Waals surface area contributed by atoms with E-state index in [-0.39, 0.29) is 11.5 Å². The van der Waals surface area contributed by atoms with Gasteiger partial charge in [0.25, 0.3) is 5.91 Å². The van der Waals surface area contributed by atoms with E-state index in [1.165, 1.54) is 24.3 Å². The van der Waals surface area contributed by atoms with Crippen LogP contribution < -0.4 is 5.43 Å². The zero-order valence-electron chi connectivity index (χ0n) is 11.2. The minimum Gasteiger partial charge on any atom is -0.508 e. The second-order valence-electron chi connectivity index (χ2n) is 4.35. The summed E-state index contributed by atoms with van der Waals surface area (Å²) in [5, 5.41) is 22.9. The quantitative estimate of drug-likeness (QED) is 0.589. The van der Waals surface area contributed by atoms with Crippen molar-refractivity contribution in [3.8, 4) is 11.5 Å². The highest BCUT2D eigenvalue weighted by atomic mass is 79.9. The molecule has 0 aliphatic heterocycles. The lowest BCUT2D eigenvalue weighted by atomic mass is 10.1. The van der Waals surface area contributed by atoms with Crippen molar-refractivity contribution in [3.05, 3.63) is 58.1 Å². The first-order valence-corrected chi connectivity index (χ1v) is 6.89. The molecule has 0 fully saturated rings. The molecule has 0 heterocycles. The summed E-state index contributed by atoms with van der Waals surface area (Å²) in [5.41, 5.74) is 3.78. The van der Waals surface area contributed by atoms with Crippen LogP contribution in [0.4, 0.5) is 0 Å². The summed E-state index contributed by atoms with van der Waals surface area (Å²) in [5.74, 6) is -0.229. The van der Waals surface area contributed by atoms with E-state index < -0.39 is 5.91 Å². The van der Waals surface area contributed by atoms with Crippen LogP contribution in [0.2, 0.25) is 0 Å². The Labute approximate surface area is 130 Å². The molecule has 1 amide bonds. The fourth-order valence-corrected chi connectivity index (χ4v) is 2.03. The summed E-state index contributed by atoms with van der Waals surface area (Å²) in [6.45, 7) is 1.68. The molecule has 3 N–H and O–H groups in total. The summed E-state index contributed by atoms with van der Waals surface area (Å²) in [6.07, 6.45) is 0. The van der Waals surface area contributed by atoms with E-state index in [0.29, 0.717) is 16.8 Å². The van der Waals surface area contributed by atoms with Crippen LogP contribution >= 0.6 is 15.9 Å². The fraction of sp³-hybridized carbons (Fsp3) is 0.0667. The molecule has 2 aromatic carbocycles. The van der Waals surface area contributed by atoms with Crippen molar-refractivity contribution < 1.29 is 15.0 Å². The third-order valence-corrected chi connectivity index (χ3v) is 3.30.